The van der Waals surface area contributed by atoms with E-state index < -0.39 is 11.9 Å². The molecule has 5 nitrogen and oxygen atoms in total. The highest BCUT2D eigenvalue weighted by Crippen LogP contribution is 2.15. The maximum absolute atomic E-state index is 11.3. The van der Waals surface area contributed by atoms with Crippen LogP contribution in [-0.2, 0) is 9.59 Å². The summed E-state index contributed by atoms with van der Waals surface area (Å²) in [5.41, 5.74) is 0.566. The van der Waals surface area contributed by atoms with Crippen molar-refractivity contribution >= 4 is 17.6 Å². The molecule has 0 saturated carbocycles. The van der Waals surface area contributed by atoms with Crippen LogP contribution in [0.3, 0.4) is 0 Å². The first-order valence-corrected chi connectivity index (χ1v) is 6.04. The molecule has 0 aliphatic carbocycles. The number of carboxylic acid groups (broad SMARTS) is 1. The van der Waals surface area contributed by atoms with Crippen molar-refractivity contribution in [2.45, 2.75) is 19.8 Å². The van der Waals surface area contributed by atoms with Crippen LogP contribution < -0.4 is 15.2 Å². The van der Waals surface area contributed by atoms with Gasteiger partial charge in [-0.1, -0.05) is 13.3 Å². The molecule has 0 unspecified atom stereocenters. The van der Waals surface area contributed by atoms with Crippen LogP contribution in [0.1, 0.15) is 19.8 Å². The third kappa shape index (κ3) is 6.26. The zero-order chi connectivity index (χ0) is 14.1. The van der Waals surface area contributed by atoms with E-state index in [-0.39, 0.29) is 0 Å². The van der Waals surface area contributed by atoms with Gasteiger partial charge in [0.2, 0.25) is 5.91 Å². The van der Waals surface area contributed by atoms with Gasteiger partial charge in [0.15, 0.2) is 0 Å². The number of hydrogen-bond acceptors (Lipinski definition) is 4. The summed E-state index contributed by atoms with van der Waals surface area (Å²) < 4.78 is 5.47. The molecule has 102 valence electrons. The van der Waals surface area contributed by atoms with E-state index in [1.807, 2.05) is 0 Å². The molecule has 0 atom stereocenters. The van der Waals surface area contributed by atoms with Crippen molar-refractivity contribution in [1.82, 2.24) is 0 Å². The smallest absolute Gasteiger partial charge is 0.248 e. The highest BCUT2D eigenvalue weighted by molar-refractivity contribution is 6.02. The van der Waals surface area contributed by atoms with Gasteiger partial charge >= 0.3 is 0 Å². The van der Waals surface area contributed by atoms with E-state index in [0.29, 0.717) is 18.4 Å². The minimum Gasteiger partial charge on any atom is -0.545 e. The monoisotopic (exact) mass is 262 g/mol. The zero-order valence-electron chi connectivity index (χ0n) is 10.7. The molecule has 19 heavy (non-hydrogen) atoms. The Labute approximate surface area is 111 Å². The summed E-state index contributed by atoms with van der Waals surface area (Å²) in [6.45, 7) is 2.75. The first-order chi connectivity index (χ1) is 9.11. The van der Waals surface area contributed by atoms with Crippen LogP contribution in [0.15, 0.2) is 36.4 Å². The standard InChI is InChI=1S/C14H17NO4/c1-2-3-10-19-12-6-4-11(5-7-12)15-13(16)8-9-14(17)18/h4-9H,2-3,10H2,1H3,(H,15,16)(H,17,18)/p-1. The molecule has 1 amide bonds. The minimum absolute atomic E-state index is 0.524. The Balaban J connectivity index is 2.47. The van der Waals surface area contributed by atoms with Crippen LogP contribution in [0, 0.1) is 0 Å². The number of nitrogens with one attached hydrogen (secondary N) is 1. The second-order valence-corrected chi connectivity index (χ2v) is 3.87. The molecule has 5 heteroatoms. The first-order valence-electron chi connectivity index (χ1n) is 6.04. The number of unbranched alkanes of at least 4 members (excludes halogenated alkanes) is 1. The van der Waals surface area contributed by atoms with Gasteiger partial charge in [0, 0.05) is 11.8 Å². The molecular formula is C14H16NO4-. The van der Waals surface area contributed by atoms with E-state index >= 15 is 0 Å². The van der Waals surface area contributed by atoms with E-state index in [1.165, 1.54) is 0 Å². The van der Waals surface area contributed by atoms with Crippen LogP contribution in [-0.4, -0.2) is 18.5 Å². The summed E-state index contributed by atoms with van der Waals surface area (Å²) in [5, 5.41) is 12.7. The molecule has 0 aromatic heterocycles. The van der Waals surface area contributed by atoms with Crippen molar-refractivity contribution in [3.63, 3.8) is 0 Å². The van der Waals surface area contributed by atoms with Gasteiger partial charge in [0.05, 0.1) is 12.6 Å². The second-order valence-electron chi connectivity index (χ2n) is 3.87. The SMILES string of the molecule is CCCCOc1ccc(NC(=O)C=CC(=O)[O-])cc1. The summed E-state index contributed by atoms with van der Waals surface area (Å²) in [4.78, 5) is 21.4. The number of benzene rings is 1. The lowest BCUT2D eigenvalue weighted by Crippen LogP contribution is -2.20. The largest absolute Gasteiger partial charge is 0.545 e. The lowest BCUT2D eigenvalue weighted by Gasteiger charge is -2.06. The lowest BCUT2D eigenvalue weighted by molar-refractivity contribution is -0.297. The summed E-state index contributed by atoms with van der Waals surface area (Å²) >= 11 is 0. The Kier molecular flexibility index (Phi) is 6.15. The topological polar surface area (TPSA) is 78.5 Å². The van der Waals surface area contributed by atoms with E-state index in [9.17, 15) is 14.7 Å². The highest BCUT2D eigenvalue weighted by atomic mass is 16.5. The number of ether oxygens (including phenoxy) is 1. The molecule has 0 saturated heterocycles. The van der Waals surface area contributed by atoms with Crippen LogP contribution in [0.5, 0.6) is 5.75 Å². The van der Waals surface area contributed by atoms with Crippen molar-refractivity contribution < 1.29 is 19.4 Å². The van der Waals surface area contributed by atoms with E-state index in [4.69, 9.17) is 4.74 Å². The highest BCUT2D eigenvalue weighted by Gasteiger charge is 1.98. The van der Waals surface area contributed by atoms with Crippen LogP contribution in [0.25, 0.3) is 0 Å². The average Bonchev–Trinajstić information content (AvgIpc) is 2.39. The van der Waals surface area contributed by atoms with Gasteiger partial charge in [0.25, 0.3) is 0 Å². The predicted octanol–water partition coefficient (Wildman–Crippen LogP) is 1.11. The minimum atomic E-state index is -1.41. The number of anilines is 1. The molecule has 0 fully saturated rings. The van der Waals surface area contributed by atoms with Gasteiger partial charge < -0.3 is 20.0 Å². The Morgan fingerprint density at radius 2 is 1.95 bits per heavy atom. The van der Waals surface area contributed by atoms with Crippen LogP contribution >= 0.6 is 0 Å². The number of carboxylic acids is 1. The predicted molar refractivity (Wildman–Crippen MR) is 69.6 cm³/mol. The first kappa shape index (κ1) is 14.8. The normalized spacial score (nSPS) is 10.4. The van der Waals surface area contributed by atoms with E-state index in [1.54, 1.807) is 24.3 Å². The van der Waals surface area contributed by atoms with Crippen molar-refractivity contribution in [2.24, 2.45) is 0 Å². The Bertz CT molecular complexity index is 451. The van der Waals surface area contributed by atoms with E-state index in [0.717, 1.165) is 24.7 Å². The van der Waals surface area contributed by atoms with Gasteiger partial charge in [-0.2, -0.15) is 0 Å². The molecule has 1 rings (SSSR count). The van der Waals surface area contributed by atoms with Gasteiger partial charge in [-0.3, -0.25) is 4.79 Å². The summed E-state index contributed by atoms with van der Waals surface area (Å²) in [7, 11) is 0. The van der Waals surface area contributed by atoms with Gasteiger partial charge in [-0.15, -0.1) is 0 Å². The van der Waals surface area contributed by atoms with Gasteiger partial charge in [-0.05, 0) is 36.8 Å². The van der Waals surface area contributed by atoms with E-state index in [2.05, 4.69) is 12.2 Å². The van der Waals surface area contributed by atoms with Crippen molar-refractivity contribution in [3.05, 3.63) is 36.4 Å². The number of amides is 1. The van der Waals surface area contributed by atoms with Crippen molar-refractivity contribution in [2.75, 3.05) is 11.9 Å². The summed E-state index contributed by atoms with van der Waals surface area (Å²) in [6, 6.07) is 6.86. The van der Waals surface area contributed by atoms with Gasteiger partial charge in [0.1, 0.15) is 5.75 Å². The van der Waals surface area contributed by atoms with Crippen LogP contribution in [0.4, 0.5) is 5.69 Å². The molecule has 0 bridgehead atoms. The summed E-state index contributed by atoms with van der Waals surface area (Å²) in [6.07, 6.45) is 3.64. The fourth-order valence-electron chi connectivity index (χ4n) is 1.30. The molecule has 1 aromatic rings. The number of carbonyl (C=O) groups excluding carboxylic acids is 2. The maximum Gasteiger partial charge on any atom is 0.248 e. The van der Waals surface area contributed by atoms with Crippen LogP contribution in [0.2, 0.25) is 0 Å². The third-order valence-electron chi connectivity index (χ3n) is 2.26. The number of aliphatic carboxylic acids is 1. The van der Waals surface area contributed by atoms with Gasteiger partial charge in [-0.25, -0.2) is 0 Å². The molecular weight excluding hydrogens is 246 g/mol. The maximum atomic E-state index is 11.3. The molecule has 0 spiro atoms. The average molecular weight is 262 g/mol. The fraction of sp³-hybridized carbons (Fsp3) is 0.286. The quantitative estimate of drug-likeness (QED) is 0.589. The second kappa shape index (κ2) is 7.92. The Hall–Kier alpha value is -2.30. The lowest BCUT2D eigenvalue weighted by atomic mass is 10.3. The van der Waals surface area contributed by atoms with Crippen molar-refractivity contribution in [3.8, 4) is 5.75 Å². The molecule has 0 heterocycles. The molecule has 0 aliphatic rings. The molecule has 1 aromatic carbocycles. The fourth-order valence-corrected chi connectivity index (χ4v) is 1.30. The number of hydrogen-bond donors (Lipinski definition) is 1. The molecule has 0 aliphatic heterocycles. The Morgan fingerprint density at radius 1 is 1.26 bits per heavy atom. The molecule has 0 radical (unpaired) electrons. The summed E-state index contributed by atoms with van der Waals surface area (Å²) in [5.74, 6) is -1.20. The third-order valence-corrected chi connectivity index (χ3v) is 2.26. The number of rotatable bonds is 7. The Morgan fingerprint density at radius 3 is 2.53 bits per heavy atom. The zero-order valence-corrected chi connectivity index (χ0v) is 10.7. The number of carbonyl (C=O) groups is 2. The molecule has 1 N–H and O–H groups in total. The van der Waals surface area contributed by atoms with Crippen molar-refractivity contribution in [1.29, 1.82) is 0 Å².